The highest BCUT2D eigenvalue weighted by molar-refractivity contribution is 7.98. The fourth-order valence-corrected chi connectivity index (χ4v) is 4.22. The Bertz CT molecular complexity index is 818. The van der Waals surface area contributed by atoms with Gasteiger partial charge >= 0.3 is 0 Å². The monoisotopic (exact) mass is 373 g/mol. The lowest BCUT2D eigenvalue weighted by Gasteiger charge is -2.10. The number of hydrogen-bond acceptors (Lipinski definition) is 3. The minimum Gasteiger partial charge on any atom is -0.348 e. The van der Waals surface area contributed by atoms with Crippen LogP contribution in [0.1, 0.15) is 21.5 Å². The number of thioether (sulfide) groups is 1. The molecule has 0 bridgehead atoms. The Kier molecular flexibility index (Phi) is 5.96. The highest BCUT2D eigenvalue weighted by atomic mass is 35.5. The van der Waals surface area contributed by atoms with Crippen LogP contribution in [0.25, 0.3) is 0 Å². The normalized spacial score (nSPS) is 10.5. The quantitative estimate of drug-likeness (QED) is 0.568. The number of rotatable bonds is 6. The van der Waals surface area contributed by atoms with E-state index < -0.39 is 0 Å². The van der Waals surface area contributed by atoms with Crippen LogP contribution < -0.4 is 5.32 Å². The smallest absolute Gasteiger partial charge is 0.252 e. The van der Waals surface area contributed by atoms with Gasteiger partial charge in [-0.1, -0.05) is 35.9 Å². The first kappa shape index (κ1) is 17.1. The zero-order valence-electron chi connectivity index (χ0n) is 12.9. The molecule has 3 rings (SSSR count). The van der Waals surface area contributed by atoms with Crippen molar-refractivity contribution in [3.63, 3.8) is 0 Å². The molecule has 24 heavy (non-hydrogen) atoms. The molecule has 0 fully saturated rings. The molecule has 1 heterocycles. The van der Waals surface area contributed by atoms with Gasteiger partial charge in [-0.05, 0) is 52.2 Å². The lowest BCUT2D eigenvalue weighted by molar-refractivity contribution is 0.0948. The van der Waals surface area contributed by atoms with Gasteiger partial charge in [-0.2, -0.15) is 11.3 Å². The van der Waals surface area contributed by atoms with Crippen LogP contribution in [0.4, 0.5) is 0 Å². The van der Waals surface area contributed by atoms with Crippen LogP contribution in [0.15, 0.2) is 70.3 Å². The summed E-state index contributed by atoms with van der Waals surface area (Å²) >= 11 is 9.35. The van der Waals surface area contributed by atoms with Crippen LogP contribution in [0.3, 0.4) is 0 Å². The molecule has 0 aliphatic heterocycles. The molecule has 0 aliphatic carbocycles. The molecule has 3 aromatic rings. The molecule has 5 heteroatoms. The summed E-state index contributed by atoms with van der Waals surface area (Å²) in [4.78, 5) is 13.5. The van der Waals surface area contributed by atoms with Crippen molar-refractivity contribution in [1.82, 2.24) is 5.32 Å². The maximum Gasteiger partial charge on any atom is 0.252 e. The third-order valence-corrected chi connectivity index (χ3v) is 5.56. The fourth-order valence-electron chi connectivity index (χ4n) is 2.24. The lowest BCUT2D eigenvalue weighted by atomic mass is 10.2. The van der Waals surface area contributed by atoms with Crippen molar-refractivity contribution in [2.45, 2.75) is 17.2 Å². The minimum absolute atomic E-state index is 0.0663. The Balaban J connectivity index is 1.65. The maximum absolute atomic E-state index is 12.5. The average Bonchev–Trinajstić information content (AvgIpc) is 3.12. The number of thiophene rings is 1. The van der Waals surface area contributed by atoms with Crippen molar-refractivity contribution in [3.8, 4) is 0 Å². The molecule has 0 saturated heterocycles. The highest BCUT2D eigenvalue weighted by Crippen LogP contribution is 2.27. The van der Waals surface area contributed by atoms with E-state index in [4.69, 9.17) is 11.6 Å². The van der Waals surface area contributed by atoms with E-state index >= 15 is 0 Å². The topological polar surface area (TPSA) is 29.1 Å². The summed E-state index contributed by atoms with van der Waals surface area (Å²) in [5.41, 5.74) is 2.97. The van der Waals surface area contributed by atoms with Gasteiger partial charge in [0.2, 0.25) is 0 Å². The van der Waals surface area contributed by atoms with E-state index in [9.17, 15) is 4.79 Å². The number of carbonyl (C=O) groups excluding carboxylic acids is 1. The number of benzene rings is 2. The van der Waals surface area contributed by atoms with Gasteiger partial charge < -0.3 is 5.32 Å². The van der Waals surface area contributed by atoms with Crippen LogP contribution in [-0.2, 0) is 12.3 Å². The van der Waals surface area contributed by atoms with Gasteiger partial charge in [-0.25, -0.2) is 0 Å². The zero-order valence-corrected chi connectivity index (χ0v) is 15.3. The summed E-state index contributed by atoms with van der Waals surface area (Å²) in [5.74, 6) is 0.797. The number of amides is 1. The van der Waals surface area contributed by atoms with Gasteiger partial charge in [0, 0.05) is 22.2 Å². The van der Waals surface area contributed by atoms with E-state index in [-0.39, 0.29) is 5.91 Å². The van der Waals surface area contributed by atoms with Gasteiger partial charge in [-0.15, -0.1) is 11.8 Å². The standard InChI is InChI=1S/C19H16ClNOS2/c20-16-5-3-4-14(10-16)11-21-19(22)17-6-1-2-7-18(17)24-13-15-8-9-23-12-15/h1-10,12H,11,13H2,(H,21,22). The second-order valence-electron chi connectivity index (χ2n) is 5.23. The molecule has 122 valence electrons. The van der Waals surface area contributed by atoms with Crippen molar-refractivity contribution in [2.75, 3.05) is 0 Å². The molecule has 0 unspecified atom stereocenters. The Morgan fingerprint density at radius 3 is 2.75 bits per heavy atom. The summed E-state index contributed by atoms with van der Waals surface area (Å²) in [5, 5.41) is 7.84. The first-order chi connectivity index (χ1) is 11.7. The second kappa shape index (κ2) is 8.38. The number of halogens is 1. The Hall–Kier alpha value is -1.75. The zero-order chi connectivity index (χ0) is 16.8. The Morgan fingerprint density at radius 2 is 1.96 bits per heavy atom. The first-order valence-corrected chi connectivity index (χ1v) is 9.78. The van der Waals surface area contributed by atoms with Crippen molar-refractivity contribution in [1.29, 1.82) is 0 Å². The molecule has 2 nitrogen and oxygen atoms in total. The van der Waals surface area contributed by atoms with E-state index in [1.807, 2.05) is 48.5 Å². The Labute approximate surface area is 154 Å². The van der Waals surface area contributed by atoms with Crippen LogP contribution in [-0.4, -0.2) is 5.91 Å². The summed E-state index contributed by atoms with van der Waals surface area (Å²) in [6, 6.07) is 17.3. The van der Waals surface area contributed by atoms with Crippen LogP contribution >= 0.6 is 34.7 Å². The number of hydrogen-bond donors (Lipinski definition) is 1. The summed E-state index contributed by atoms with van der Waals surface area (Å²) in [6.07, 6.45) is 0. The molecule has 0 saturated carbocycles. The first-order valence-electron chi connectivity index (χ1n) is 7.48. The summed E-state index contributed by atoms with van der Waals surface area (Å²) < 4.78 is 0. The van der Waals surface area contributed by atoms with Crippen molar-refractivity contribution >= 4 is 40.6 Å². The highest BCUT2D eigenvalue weighted by Gasteiger charge is 2.11. The molecular weight excluding hydrogens is 358 g/mol. The van der Waals surface area contributed by atoms with Crippen LogP contribution in [0.2, 0.25) is 5.02 Å². The van der Waals surface area contributed by atoms with Gasteiger partial charge in [0.15, 0.2) is 0 Å². The van der Waals surface area contributed by atoms with Gasteiger partial charge in [0.05, 0.1) is 5.56 Å². The fraction of sp³-hybridized carbons (Fsp3) is 0.105. The minimum atomic E-state index is -0.0663. The molecule has 1 aromatic heterocycles. The van der Waals surface area contributed by atoms with Crippen LogP contribution in [0, 0.1) is 0 Å². The van der Waals surface area contributed by atoms with E-state index in [1.165, 1.54) is 5.56 Å². The average molecular weight is 374 g/mol. The molecule has 2 aromatic carbocycles. The van der Waals surface area contributed by atoms with Gasteiger partial charge in [-0.3, -0.25) is 4.79 Å². The van der Waals surface area contributed by atoms with E-state index in [0.717, 1.165) is 16.2 Å². The summed E-state index contributed by atoms with van der Waals surface area (Å²) in [6.45, 7) is 0.461. The van der Waals surface area contributed by atoms with E-state index in [2.05, 4.69) is 22.1 Å². The van der Waals surface area contributed by atoms with Crippen molar-refractivity contribution < 1.29 is 4.79 Å². The molecule has 0 atom stereocenters. The lowest BCUT2D eigenvalue weighted by Crippen LogP contribution is -2.23. The predicted octanol–water partition coefficient (Wildman–Crippen LogP) is 5.62. The van der Waals surface area contributed by atoms with E-state index in [1.54, 1.807) is 23.1 Å². The molecule has 0 aliphatic rings. The predicted molar refractivity (Wildman–Crippen MR) is 103 cm³/mol. The van der Waals surface area contributed by atoms with E-state index in [0.29, 0.717) is 17.1 Å². The SMILES string of the molecule is O=C(NCc1cccc(Cl)c1)c1ccccc1SCc1ccsc1. The Morgan fingerprint density at radius 1 is 1.08 bits per heavy atom. The molecular formula is C19H16ClNOS2. The summed E-state index contributed by atoms with van der Waals surface area (Å²) in [7, 11) is 0. The third-order valence-electron chi connectivity index (χ3n) is 3.45. The molecule has 0 spiro atoms. The van der Waals surface area contributed by atoms with Crippen LogP contribution in [0.5, 0.6) is 0 Å². The largest absolute Gasteiger partial charge is 0.348 e. The van der Waals surface area contributed by atoms with Crippen molar-refractivity contribution in [2.24, 2.45) is 0 Å². The second-order valence-corrected chi connectivity index (χ2v) is 7.46. The molecule has 1 amide bonds. The number of nitrogens with one attached hydrogen (secondary N) is 1. The third kappa shape index (κ3) is 4.63. The number of carbonyl (C=O) groups is 1. The van der Waals surface area contributed by atoms with Gasteiger partial charge in [0.1, 0.15) is 0 Å². The molecule has 1 N–H and O–H groups in total. The maximum atomic E-state index is 12.5. The van der Waals surface area contributed by atoms with Gasteiger partial charge in [0.25, 0.3) is 5.91 Å². The van der Waals surface area contributed by atoms with Crippen molar-refractivity contribution in [3.05, 3.63) is 87.1 Å². The molecule has 0 radical (unpaired) electrons.